The van der Waals surface area contributed by atoms with E-state index in [9.17, 15) is 4.79 Å². The predicted molar refractivity (Wildman–Crippen MR) is 112 cm³/mol. The van der Waals surface area contributed by atoms with Crippen LogP contribution in [-0.4, -0.2) is 47.1 Å². The van der Waals surface area contributed by atoms with Gasteiger partial charge in [-0.1, -0.05) is 18.0 Å². The second kappa shape index (κ2) is 10.6. The van der Waals surface area contributed by atoms with Gasteiger partial charge >= 0.3 is 0 Å². The highest BCUT2D eigenvalue weighted by Crippen LogP contribution is 2.27. The summed E-state index contributed by atoms with van der Waals surface area (Å²) in [5.41, 5.74) is 2.59. The van der Waals surface area contributed by atoms with Crippen molar-refractivity contribution in [2.45, 2.75) is 56.7 Å². The molecule has 1 N–H and O–H groups in total. The lowest BCUT2D eigenvalue weighted by Crippen LogP contribution is -2.30. The average Bonchev–Trinajstić information content (AvgIpc) is 2.89. The van der Waals surface area contributed by atoms with E-state index >= 15 is 0 Å². The zero-order valence-electron chi connectivity index (χ0n) is 16.9. The summed E-state index contributed by atoms with van der Waals surface area (Å²) in [5, 5.41) is 7.79. The third-order valence-corrected chi connectivity index (χ3v) is 6.22. The van der Waals surface area contributed by atoms with E-state index in [1.54, 1.807) is 18.0 Å². The number of likely N-dealkylation sites (tertiary alicyclic amines) is 1. The molecule has 3 rings (SSSR count). The highest BCUT2D eigenvalue weighted by molar-refractivity contribution is 7.98. The van der Waals surface area contributed by atoms with Gasteiger partial charge in [0.2, 0.25) is 0 Å². The summed E-state index contributed by atoms with van der Waals surface area (Å²) in [6.07, 6.45) is 8.01. The lowest BCUT2D eigenvalue weighted by atomic mass is 10.2. The Morgan fingerprint density at radius 3 is 2.75 bits per heavy atom. The molecular formula is C21H30N4O2S. The van der Waals surface area contributed by atoms with Crippen LogP contribution in [-0.2, 0) is 5.75 Å². The molecule has 1 fully saturated rings. The number of carbonyl (C=O) groups is 1. The average molecular weight is 403 g/mol. The zero-order chi connectivity index (χ0) is 19.8. The molecule has 1 aliphatic rings. The van der Waals surface area contributed by atoms with Gasteiger partial charge in [0.05, 0.1) is 11.3 Å². The van der Waals surface area contributed by atoms with E-state index in [0.29, 0.717) is 17.9 Å². The summed E-state index contributed by atoms with van der Waals surface area (Å²) in [4.78, 5) is 19.6. The van der Waals surface area contributed by atoms with Crippen LogP contribution in [0.15, 0.2) is 27.9 Å². The molecule has 0 spiro atoms. The monoisotopic (exact) mass is 402 g/mol. The summed E-state index contributed by atoms with van der Waals surface area (Å²) in [7, 11) is 0. The van der Waals surface area contributed by atoms with E-state index in [4.69, 9.17) is 4.52 Å². The summed E-state index contributed by atoms with van der Waals surface area (Å²) in [5.74, 6) is 1.46. The molecule has 0 saturated carbocycles. The topological polar surface area (TPSA) is 71.3 Å². The molecule has 0 bridgehead atoms. The molecule has 6 nitrogen and oxygen atoms in total. The minimum atomic E-state index is -0.0507. The highest BCUT2D eigenvalue weighted by Gasteiger charge is 2.15. The molecule has 28 heavy (non-hydrogen) atoms. The highest BCUT2D eigenvalue weighted by atomic mass is 32.2. The van der Waals surface area contributed by atoms with Crippen LogP contribution in [0.1, 0.15) is 59.5 Å². The first-order valence-corrected chi connectivity index (χ1v) is 11.1. The van der Waals surface area contributed by atoms with E-state index in [-0.39, 0.29) is 5.91 Å². The number of pyridine rings is 1. The van der Waals surface area contributed by atoms with Crippen molar-refractivity contribution in [3.05, 3.63) is 40.9 Å². The Hall–Kier alpha value is -1.86. The number of aryl methyl sites for hydroxylation is 2. The fourth-order valence-electron chi connectivity index (χ4n) is 3.49. The zero-order valence-corrected chi connectivity index (χ0v) is 17.7. The Morgan fingerprint density at radius 1 is 1.25 bits per heavy atom. The van der Waals surface area contributed by atoms with Crippen LogP contribution < -0.4 is 5.32 Å². The first-order chi connectivity index (χ1) is 13.6. The molecule has 1 saturated heterocycles. The Balaban J connectivity index is 1.49. The summed E-state index contributed by atoms with van der Waals surface area (Å²) in [6, 6.07) is 3.65. The number of thioether (sulfide) groups is 1. The summed E-state index contributed by atoms with van der Waals surface area (Å²) < 4.78 is 5.22. The van der Waals surface area contributed by atoms with E-state index in [0.717, 1.165) is 35.0 Å². The van der Waals surface area contributed by atoms with Crippen molar-refractivity contribution >= 4 is 17.7 Å². The quantitative estimate of drug-likeness (QED) is 0.532. The van der Waals surface area contributed by atoms with Crippen molar-refractivity contribution in [3.8, 4) is 0 Å². The van der Waals surface area contributed by atoms with Crippen molar-refractivity contribution in [2.75, 3.05) is 26.2 Å². The van der Waals surface area contributed by atoms with Gasteiger partial charge in [0.25, 0.3) is 5.91 Å². The number of hydrogen-bond acceptors (Lipinski definition) is 6. The minimum absolute atomic E-state index is 0.0507. The largest absolute Gasteiger partial charge is 0.361 e. The second-order valence-electron chi connectivity index (χ2n) is 7.31. The van der Waals surface area contributed by atoms with Crippen LogP contribution in [0.4, 0.5) is 0 Å². The predicted octanol–water partition coefficient (Wildman–Crippen LogP) is 3.97. The van der Waals surface area contributed by atoms with Gasteiger partial charge in [-0.2, -0.15) is 0 Å². The van der Waals surface area contributed by atoms with Crippen LogP contribution in [0, 0.1) is 13.8 Å². The smallest absolute Gasteiger partial charge is 0.254 e. The molecule has 1 amide bonds. The molecule has 7 heteroatoms. The third kappa shape index (κ3) is 5.82. The van der Waals surface area contributed by atoms with Gasteiger partial charge in [-0.3, -0.25) is 4.79 Å². The van der Waals surface area contributed by atoms with E-state index in [1.165, 1.54) is 38.8 Å². The molecule has 0 aliphatic carbocycles. The van der Waals surface area contributed by atoms with Crippen molar-refractivity contribution in [2.24, 2.45) is 0 Å². The number of rotatable bonds is 8. The molecule has 2 aromatic rings. The van der Waals surface area contributed by atoms with Crippen LogP contribution in [0.3, 0.4) is 0 Å². The number of nitrogens with one attached hydrogen (secondary N) is 1. The first kappa shape index (κ1) is 20.9. The van der Waals surface area contributed by atoms with E-state index in [2.05, 4.69) is 20.4 Å². The minimum Gasteiger partial charge on any atom is -0.361 e. The Morgan fingerprint density at radius 2 is 2.04 bits per heavy atom. The molecule has 3 heterocycles. The summed E-state index contributed by atoms with van der Waals surface area (Å²) in [6.45, 7) is 7.98. The van der Waals surface area contributed by atoms with Gasteiger partial charge in [0, 0.05) is 24.1 Å². The maximum Gasteiger partial charge on any atom is 0.254 e. The standard InChI is InChI=1S/C21H30N4O2S/c1-16-19(17(2)27-24-16)15-28-21-18(9-7-10-23-21)20(26)22-11-8-14-25-12-5-3-4-6-13-25/h7,9-10H,3-6,8,11-15H2,1-2H3,(H,22,26). The van der Waals surface area contributed by atoms with Crippen molar-refractivity contribution in [1.29, 1.82) is 0 Å². The van der Waals surface area contributed by atoms with Crippen molar-refractivity contribution < 1.29 is 9.32 Å². The van der Waals surface area contributed by atoms with Gasteiger partial charge in [0.15, 0.2) is 0 Å². The molecule has 152 valence electrons. The molecule has 0 aromatic carbocycles. The number of aromatic nitrogens is 2. The van der Waals surface area contributed by atoms with E-state index in [1.807, 2.05) is 26.0 Å². The molecular weight excluding hydrogens is 372 g/mol. The SMILES string of the molecule is Cc1noc(C)c1CSc1ncccc1C(=O)NCCCN1CCCCCC1. The van der Waals surface area contributed by atoms with Gasteiger partial charge in [-0.05, 0) is 64.9 Å². The lowest BCUT2D eigenvalue weighted by molar-refractivity contribution is 0.0948. The van der Waals surface area contributed by atoms with Gasteiger partial charge in [-0.15, -0.1) is 11.8 Å². The lowest BCUT2D eigenvalue weighted by Gasteiger charge is -2.19. The fraction of sp³-hybridized carbons (Fsp3) is 0.571. The van der Waals surface area contributed by atoms with Crippen molar-refractivity contribution in [1.82, 2.24) is 20.4 Å². The van der Waals surface area contributed by atoms with Crippen LogP contribution in [0.2, 0.25) is 0 Å². The van der Waals surface area contributed by atoms with Crippen LogP contribution in [0.5, 0.6) is 0 Å². The summed E-state index contributed by atoms with van der Waals surface area (Å²) >= 11 is 1.55. The molecule has 2 aromatic heterocycles. The third-order valence-electron chi connectivity index (χ3n) is 5.19. The maximum absolute atomic E-state index is 12.7. The van der Waals surface area contributed by atoms with E-state index < -0.39 is 0 Å². The number of carbonyl (C=O) groups excluding carboxylic acids is 1. The van der Waals surface area contributed by atoms with Gasteiger partial charge < -0.3 is 14.7 Å². The number of nitrogens with zero attached hydrogens (tertiary/aromatic N) is 3. The van der Waals surface area contributed by atoms with Crippen molar-refractivity contribution in [3.63, 3.8) is 0 Å². The first-order valence-electron chi connectivity index (χ1n) is 10.2. The molecule has 1 aliphatic heterocycles. The Bertz CT molecular complexity index is 750. The normalized spacial score (nSPS) is 15.4. The number of hydrogen-bond donors (Lipinski definition) is 1. The Labute approximate surface area is 171 Å². The van der Waals surface area contributed by atoms with Gasteiger partial charge in [-0.25, -0.2) is 4.98 Å². The fourth-order valence-corrected chi connectivity index (χ4v) is 4.63. The number of amides is 1. The molecule has 0 atom stereocenters. The molecule has 0 radical (unpaired) electrons. The second-order valence-corrected chi connectivity index (χ2v) is 8.28. The molecule has 0 unspecified atom stereocenters. The van der Waals surface area contributed by atoms with Crippen LogP contribution >= 0.6 is 11.8 Å². The maximum atomic E-state index is 12.7. The van der Waals surface area contributed by atoms with Gasteiger partial charge in [0.1, 0.15) is 10.8 Å². The van der Waals surface area contributed by atoms with Crippen LogP contribution in [0.25, 0.3) is 0 Å². The Kier molecular flexibility index (Phi) is 7.91.